The van der Waals surface area contributed by atoms with E-state index in [2.05, 4.69) is 25.6 Å². The van der Waals surface area contributed by atoms with Crippen LogP contribution in [0.4, 0.5) is 5.69 Å². The Morgan fingerprint density at radius 2 is 2.05 bits per heavy atom. The molecule has 0 bridgehead atoms. The number of amides is 3. The van der Waals surface area contributed by atoms with Crippen LogP contribution in [0.5, 0.6) is 0 Å². The first-order chi connectivity index (χ1) is 19.2. The summed E-state index contributed by atoms with van der Waals surface area (Å²) in [4.78, 5) is 63.7. The first kappa shape index (κ1) is 29.1. The number of hydrogen-bond donors (Lipinski definition) is 3. The molecule has 40 heavy (non-hydrogen) atoms. The lowest BCUT2D eigenvalue weighted by atomic mass is 9.97. The number of pyridine rings is 1. The van der Waals surface area contributed by atoms with E-state index in [1.807, 2.05) is 0 Å². The van der Waals surface area contributed by atoms with Gasteiger partial charge in [-0.3, -0.25) is 19.2 Å². The Morgan fingerprint density at radius 3 is 2.70 bits per heavy atom. The normalized spacial score (nSPS) is 18.9. The van der Waals surface area contributed by atoms with E-state index in [9.17, 15) is 24.0 Å². The van der Waals surface area contributed by atoms with Crippen molar-refractivity contribution in [3.63, 3.8) is 0 Å². The number of hydrogen-bond acceptors (Lipinski definition) is 8. The Balaban J connectivity index is 1.48. The van der Waals surface area contributed by atoms with Crippen molar-refractivity contribution in [1.82, 2.24) is 20.4 Å². The van der Waals surface area contributed by atoms with E-state index in [4.69, 9.17) is 16.3 Å². The van der Waals surface area contributed by atoms with E-state index >= 15 is 0 Å². The van der Waals surface area contributed by atoms with Crippen LogP contribution in [-0.4, -0.2) is 52.1 Å². The Kier molecular flexibility index (Phi) is 9.75. The molecule has 3 amide bonds. The van der Waals surface area contributed by atoms with E-state index in [1.165, 1.54) is 41.1 Å². The van der Waals surface area contributed by atoms with Crippen LogP contribution < -0.4 is 21.5 Å². The average molecular weight is 574 g/mol. The number of ether oxygens (including phenoxy) is 1. The van der Waals surface area contributed by atoms with Crippen LogP contribution in [0, 0.1) is 5.92 Å². The van der Waals surface area contributed by atoms with Crippen molar-refractivity contribution in [3.05, 3.63) is 57.8 Å². The zero-order valence-corrected chi connectivity index (χ0v) is 22.8. The van der Waals surface area contributed by atoms with E-state index in [0.29, 0.717) is 13.0 Å². The summed E-state index contributed by atoms with van der Waals surface area (Å²) in [5, 5.41) is 11.6. The number of carbonyl (C=O) groups excluding carboxylic acids is 4. The first-order valence-electron chi connectivity index (χ1n) is 13.4. The number of rotatable bonds is 11. The minimum absolute atomic E-state index is 0.0633. The summed E-state index contributed by atoms with van der Waals surface area (Å²) in [7, 11) is 0. The smallest absolute Gasteiger partial charge is 0.330 e. The second-order valence-electron chi connectivity index (χ2n) is 9.86. The fourth-order valence-electron chi connectivity index (χ4n) is 4.95. The van der Waals surface area contributed by atoms with Crippen molar-refractivity contribution in [1.29, 1.82) is 0 Å². The Morgan fingerprint density at radius 1 is 1.27 bits per heavy atom. The highest BCUT2D eigenvalue weighted by molar-refractivity contribution is 6.29. The highest BCUT2D eigenvalue weighted by Gasteiger charge is 2.29. The Labute approximate surface area is 235 Å². The van der Waals surface area contributed by atoms with Crippen molar-refractivity contribution in [2.75, 3.05) is 11.9 Å². The molecule has 3 atom stereocenters. The number of halogens is 1. The summed E-state index contributed by atoms with van der Waals surface area (Å²) in [5.41, 5.74) is -0.775. The largest absolute Gasteiger partial charge is 0.459 e. The van der Waals surface area contributed by atoms with Gasteiger partial charge >= 0.3 is 5.97 Å². The van der Waals surface area contributed by atoms with Gasteiger partial charge in [-0.05, 0) is 68.7 Å². The van der Waals surface area contributed by atoms with Crippen molar-refractivity contribution < 1.29 is 28.4 Å². The fourth-order valence-corrected chi connectivity index (χ4v) is 5.09. The maximum absolute atomic E-state index is 13.4. The molecule has 0 unspecified atom stereocenters. The molecule has 1 aliphatic carbocycles. The SMILES string of the molecule is CC[C@@H](C(=O)N[C@H](C=CC(=O)OC1CCCC1)C[C@@H]1CCNC1=O)n1cccc(NC(=O)c2cc(Cl)on2)c1=O. The van der Waals surface area contributed by atoms with Gasteiger partial charge < -0.3 is 29.8 Å². The Bertz CT molecular complexity index is 1330. The second-order valence-corrected chi connectivity index (χ2v) is 10.2. The molecule has 3 heterocycles. The summed E-state index contributed by atoms with van der Waals surface area (Å²) >= 11 is 5.67. The third-order valence-corrected chi connectivity index (χ3v) is 7.22. The number of nitrogens with zero attached hydrogens (tertiary/aromatic N) is 2. The summed E-state index contributed by atoms with van der Waals surface area (Å²) in [6.07, 6.45) is 9.04. The highest BCUT2D eigenvalue weighted by Crippen LogP contribution is 2.22. The van der Waals surface area contributed by atoms with Crippen LogP contribution in [0.3, 0.4) is 0 Å². The summed E-state index contributed by atoms with van der Waals surface area (Å²) in [5.74, 6) is -2.11. The number of esters is 1. The van der Waals surface area contributed by atoms with Gasteiger partial charge in [-0.1, -0.05) is 18.2 Å². The zero-order chi connectivity index (χ0) is 28.6. The van der Waals surface area contributed by atoms with Crippen molar-refractivity contribution in [2.24, 2.45) is 5.92 Å². The molecule has 1 saturated carbocycles. The minimum atomic E-state index is -0.926. The highest BCUT2D eigenvalue weighted by atomic mass is 35.5. The molecule has 0 spiro atoms. The molecule has 0 aromatic carbocycles. The first-order valence-corrected chi connectivity index (χ1v) is 13.7. The number of anilines is 1. The average Bonchev–Trinajstić information content (AvgIpc) is 3.69. The van der Waals surface area contributed by atoms with Gasteiger partial charge in [0.25, 0.3) is 11.5 Å². The lowest BCUT2D eigenvalue weighted by Crippen LogP contribution is -2.43. The summed E-state index contributed by atoms with van der Waals surface area (Å²) in [6.45, 7) is 2.29. The predicted octanol–water partition coefficient (Wildman–Crippen LogP) is 2.75. The molecule has 1 saturated heterocycles. The molecule has 12 nitrogen and oxygen atoms in total. The van der Waals surface area contributed by atoms with Crippen molar-refractivity contribution >= 4 is 41.0 Å². The predicted molar refractivity (Wildman–Crippen MR) is 145 cm³/mol. The quantitative estimate of drug-likeness (QED) is 0.273. The van der Waals surface area contributed by atoms with E-state index in [0.717, 1.165) is 25.7 Å². The molecule has 0 radical (unpaired) electrons. The minimum Gasteiger partial charge on any atom is -0.459 e. The third kappa shape index (κ3) is 7.38. The lowest BCUT2D eigenvalue weighted by molar-refractivity contribution is -0.142. The summed E-state index contributed by atoms with van der Waals surface area (Å²) in [6, 6.07) is 2.57. The molecule has 3 N–H and O–H groups in total. The number of aromatic nitrogens is 2. The van der Waals surface area contributed by atoms with Crippen LogP contribution in [0.1, 0.15) is 68.4 Å². The van der Waals surface area contributed by atoms with Gasteiger partial charge in [0.1, 0.15) is 17.8 Å². The van der Waals surface area contributed by atoms with Gasteiger partial charge in [0, 0.05) is 36.8 Å². The standard InChI is InChI=1S/C27H32ClN5O7/c1-2-21(33-13-5-8-19(27(33)38)31-25(36)20-15-22(28)40-32-20)26(37)30-17(14-16-11-12-29-24(16)35)9-10-23(34)39-18-6-3-4-7-18/h5,8-10,13,15-18,21H,2-4,6-7,11-12,14H2,1H3,(H,29,35)(H,30,37)(H,31,36)/t16-,17+,21-/m0/s1. The Hall–Kier alpha value is -3.93. The molecule has 2 aromatic rings. The van der Waals surface area contributed by atoms with E-state index in [1.54, 1.807) is 6.92 Å². The zero-order valence-electron chi connectivity index (χ0n) is 22.1. The van der Waals surface area contributed by atoms with Crippen LogP contribution in [0.25, 0.3) is 0 Å². The van der Waals surface area contributed by atoms with Gasteiger partial charge in [-0.2, -0.15) is 0 Å². The van der Waals surface area contributed by atoms with Gasteiger partial charge in [0.2, 0.25) is 17.0 Å². The molecule has 214 valence electrons. The maximum atomic E-state index is 13.4. The second kappa shape index (κ2) is 13.4. The summed E-state index contributed by atoms with van der Waals surface area (Å²) < 4.78 is 11.4. The van der Waals surface area contributed by atoms with E-state index < -0.39 is 35.4 Å². The number of nitrogens with one attached hydrogen (secondary N) is 3. The lowest BCUT2D eigenvalue weighted by Gasteiger charge is -2.23. The molecule has 13 heteroatoms. The molecule has 4 rings (SSSR count). The van der Waals surface area contributed by atoms with Gasteiger partial charge in [0.05, 0.1) is 0 Å². The van der Waals surface area contributed by atoms with Crippen molar-refractivity contribution in [2.45, 2.75) is 70.1 Å². The number of carbonyl (C=O) groups is 4. The van der Waals surface area contributed by atoms with Gasteiger partial charge in [-0.25, -0.2) is 4.79 Å². The molecule has 2 aliphatic rings. The molecule has 2 aromatic heterocycles. The van der Waals surface area contributed by atoms with Crippen molar-refractivity contribution in [3.8, 4) is 0 Å². The third-order valence-electron chi connectivity index (χ3n) is 7.04. The van der Waals surface area contributed by atoms with Crippen LogP contribution >= 0.6 is 11.6 Å². The molecule has 2 fully saturated rings. The van der Waals surface area contributed by atoms with Gasteiger partial charge in [0.15, 0.2) is 5.69 Å². The van der Waals surface area contributed by atoms with E-state index in [-0.39, 0.29) is 47.4 Å². The fraction of sp³-hybridized carbons (Fsp3) is 0.481. The maximum Gasteiger partial charge on any atom is 0.330 e. The monoisotopic (exact) mass is 573 g/mol. The topological polar surface area (TPSA) is 162 Å². The van der Waals surface area contributed by atoms with Crippen LogP contribution in [0.15, 0.2) is 45.9 Å². The van der Waals surface area contributed by atoms with Crippen LogP contribution in [-0.2, 0) is 19.1 Å². The molecular weight excluding hydrogens is 542 g/mol. The van der Waals surface area contributed by atoms with Crippen LogP contribution in [0.2, 0.25) is 5.22 Å². The molecular formula is C27H32ClN5O7. The molecule has 1 aliphatic heterocycles. The van der Waals surface area contributed by atoms with Gasteiger partial charge in [-0.15, -0.1) is 0 Å².